The number of carbonyl (C=O) groups is 1. The van der Waals surface area contributed by atoms with Gasteiger partial charge in [-0.2, -0.15) is 5.10 Å². The number of hydrogen-bond donors (Lipinski definition) is 8. The van der Waals surface area contributed by atoms with Crippen molar-refractivity contribution in [1.82, 2.24) is 10.3 Å². The van der Waals surface area contributed by atoms with E-state index < -0.39 is 27.5 Å². The highest BCUT2D eigenvalue weighted by Gasteiger charge is 2.45. The van der Waals surface area contributed by atoms with Crippen molar-refractivity contribution in [3.8, 4) is 33.9 Å². The first-order valence-corrected chi connectivity index (χ1v) is 18.9. The Hall–Kier alpha value is -4.76. The molecule has 0 spiro atoms. The Morgan fingerprint density at radius 1 is 1.08 bits per heavy atom. The average Bonchev–Trinajstić information content (AvgIpc) is 3.11. The van der Waals surface area contributed by atoms with Crippen LogP contribution < -0.4 is 20.9 Å². The number of anilines is 1. The minimum atomic E-state index is -4.88. The molecule has 2 aliphatic rings. The van der Waals surface area contributed by atoms with Crippen molar-refractivity contribution in [1.29, 1.82) is 0 Å². The average molecular weight is 783 g/mol. The lowest BCUT2D eigenvalue weighted by Gasteiger charge is -2.28. The number of aromatic carboxylic acids is 1. The largest absolute Gasteiger partial charge is 0.508 e. The topological polar surface area (TPSA) is 235 Å². The fourth-order valence-electron chi connectivity index (χ4n) is 5.43. The Kier molecular flexibility index (Phi) is 12.6. The highest BCUT2D eigenvalue weighted by atomic mass is 32.1. The number of phenols is 1. The fourth-order valence-corrected chi connectivity index (χ4v) is 6.73. The molecule has 278 valence electrons. The Morgan fingerprint density at radius 3 is 2.58 bits per heavy atom. The van der Waals surface area contributed by atoms with Crippen LogP contribution in [0, 0.1) is 0 Å². The van der Waals surface area contributed by atoms with Gasteiger partial charge >= 0.3 is 13.6 Å². The summed E-state index contributed by atoms with van der Waals surface area (Å²) in [5.41, 5.74) is 5.11. The number of aliphatic hydroxyl groups is 1. The van der Waals surface area contributed by atoms with Gasteiger partial charge in [-0.1, -0.05) is 18.2 Å². The van der Waals surface area contributed by atoms with Gasteiger partial charge in [0.2, 0.25) is 5.08 Å². The van der Waals surface area contributed by atoms with Gasteiger partial charge in [-0.3, -0.25) is 14.8 Å². The van der Waals surface area contributed by atoms with Crippen LogP contribution >= 0.6 is 28.6 Å². The molecule has 15 nitrogen and oxygen atoms in total. The summed E-state index contributed by atoms with van der Waals surface area (Å²) in [5, 5.41) is 35.6. The standard InChI is InChI=1S/C35H36N4O11P2S/c1-39(14-12-35(44,51-45)52(46,47)48)13-3-15-49-25-5-2-4-21(16-25)20-36-38-34(53)37-22-6-9-26(29(17-22)33(42)43)32-27-10-7-23(40)18-30(27)50-31-19-24(41)8-11-28(31)32/h2,4-11,16-20,40,44-45,51H,3,12-15H2,1H3,(H,42,43)(H2,37,38,53)(H2,46,47,48)/b36-20+. The maximum Gasteiger partial charge on any atom is 0.363 e. The summed E-state index contributed by atoms with van der Waals surface area (Å²) in [6.07, 6.45) is 1.82. The predicted octanol–water partition coefficient (Wildman–Crippen LogP) is 4.79. The van der Waals surface area contributed by atoms with Crippen molar-refractivity contribution in [2.75, 3.05) is 32.1 Å². The van der Waals surface area contributed by atoms with E-state index in [4.69, 9.17) is 21.4 Å². The van der Waals surface area contributed by atoms with Gasteiger partial charge in [-0.15, -0.1) is 0 Å². The fraction of sp³-hybridized carbons (Fsp3) is 0.200. The van der Waals surface area contributed by atoms with E-state index in [-0.39, 0.29) is 46.2 Å². The number of nitrogens with zero attached hydrogens (tertiary/aromatic N) is 2. The maximum absolute atomic E-state index is 12.5. The normalized spacial score (nSPS) is 13.2. The van der Waals surface area contributed by atoms with Crippen LogP contribution in [-0.2, 0) is 4.57 Å². The third kappa shape index (κ3) is 9.82. The van der Waals surface area contributed by atoms with E-state index in [1.54, 1.807) is 60.5 Å². The lowest BCUT2D eigenvalue weighted by molar-refractivity contribution is 0.0697. The lowest BCUT2D eigenvalue weighted by atomic mass is 9.90. The summed E-state index contributed by atoms with van der Waals surface area (Å²) < 4.78 is 23.2. The summed E-state index contributed by atoms with van der Waals surface area (Å²) in [7, 11) is -4.45. The van der Waals surface area contributed by atoms with Gasteiger partial charge in [0.1, 0.15) is 22.8 Å². The number of ether oxygens (including phenoxy) is 1. The molecule has 0 saturated carbocycles. The number of benzene rings is 4. The van der Waals surface area contributed by atoms with Gasteiger partial charge in [0.05, 0.1) is 27.2 Å². The first-order valence-electron chi connectivity index (χ1n) is 16.0. The summed E-state index contributed by atoms with van der Waals surface area (Å²) in [6, 6.07) is 20.5. The van der Waals surface area contributed by atoms with Gasteiger partial charge in [-0.05, 0) is 85.3 Å². The third-order valence-electron chi connectivity index (χ3n) is 8.15. The molecule has 18 heteroatoms. The van der Waals surface area contributed by atoms with Crippen LogP contribution in [0.5, 0.6) is 11.5 Å². The van der Waals surface area contributed by atoms with Gasteiger partial charge in [0.15, 0.2) is 10.5 Å². The van der Waals surface area contributed by atoms with Crippen molar-refractivity contribution in [2.24, 2.45) is 5.10 Å². The van der Waals surface area contributed by atoms with E-state index in [1.807, 2.05) is 0 Å². The summed E-state index contributed by atoms with van der Waals surface area (Å²) >= 11 is 5.38. The number of thiocarbonyl (C=S) groups is 1. The number of fused-ring (bicyclic) bond motifs is 2. The maximum atomic E-state index is 12.5. The SMILES string of the molecule is CN(CCCOc1cccc(/C=N/NC(=S)Nc2ccc(-c3c4ccc(=O)cc-4oc4cc(O)ccc34)c(C(=O)O)c2)c1)CCC(O)(PO)P(=O)(O)O. The van der Waals surface area contributed by atoms with Crippen LogP contribution in [0.4, 0.5) is 5.69 Å². The molecule has 3 aromatic rings. The van der Waals surface area contributed by atoms with Gasteiger partial charge in [-0.25, -0.2) is 4.79 Å². The first-order chi connectivity index (χ1) is 25.2. The molecule has 3 aromatic carbocycles. The monoisotopic (exact) mass is 782 g/mol. The first kappa shape index (κ1) is 39.4. The van der Waals surface area contributed by atoms with Crippen LogP contribution in [-0.4, -0.2) is 84.0 Å². The van der Waals surface area contributed by atoms with Crippen molar-refractivity contribution >= 4 is 62.6 Å². The minimum absolute atomic E-state index is 0.0491. The molecule has 1 aliphatic heterocycles. The van der Waals surface area contributed by atoms with Crippen LogP contribution in [0.25, 0.3) is 33.4 Å². The number of hydrazone groups is 1. The van der Waals surface area contributed by atoms with Crippen molar-refractivity contribution in [3.05, 3.63) is 100 Å². The molecule has 8 N–H and O–H groups in total. The number of carboxylic acids is 1. The molecule has 53 heavy (non-hydrogen) atoms. The molecule has 0 fully saturated rings. The lowest BCUT2D eigenvalue weighted by Crippen LogP contribution is -2.31. The zero-order valence-corrected chi connectivity index (χ0v) is 30.8. The van der Waals surface area contributed by atoms with Crippen molar-refractivity contribution in [2.45, 2.75) is 17.9 Å². The highest BCUT2D eigenvalue weighted by Crippen LogP contribution is 2.58. The van der Waals surface area contributed by atoms with Crippen LogP contribution in [0.2, 0.25) is 0 Å². The number of hydrogen-bond acceptors (Lipinski definition) is 11. The van der Waals surface area contributed by atoms with E-state index in [9.17, 15) is 44.2 Å². The van der Waals surface area contributed by atoms with Gasteiger partial charge in [0, 0.05) is 53.8 Å². The quantitative estimate of drug-likeness (QED) is 0.0178. The zero-order chi connectivity index (χ0) is 38.3. The molecule has 2 atom stereocenters. The minimum Gasteiger partial charge on any atom is -0.508 e. The highest BCUT2D eigenvalue weighted by molar-refractivity contribution is 7.80. The van der Waals surface area contributed by atoms with Crippen LogP contribution in [0.15, 0.2) is 93.2 Å². The van der Waals surface area contributed by atoms with E-state index >= 15 is 0 Å². The van der Waals surface area contributed by atoms with E-state index in [0.717, 1.165) is 0 Å². The Balaban J connectivity index is 1.19. The van der Waals surface area contributed by atoms with Gasteiger partial charge in [0.25, 0.3) is 0 Å². The van der Waals surface area contributed by atoms with E-state index in [0.29, 0.717) is 58.6 Å². The number of aromatic hydroxyl groups is 1. The van der Waals surface area contributed by atoms with Crippen LogP contribution in [0.3, 0.4) is 0 Å². The molecule has 5 rings (SSSR count). The molecule has 1 aliphatic carbocycles. The number of rotatable bonds is 15. The third-order valence-corrected chi connectivity index (χ3v) is 11.3. The molecule has 0 aromatic heterocycles. The van der Waals surface area contributed by atoms with Crippen molar-refractivity contribution in [3.63, 3.8) is 0 Å². The van der Waals surface area contributed by atoms with E-state index in [1.165, 1.54) is 36.5 Å². The van der Waals surface area contributed by atoms with E-state index in [2.05, 4.69) is 15.8 Å². The molecule has 0 amide bonds. The second-order valence-corrected chi connectivity index (χ2v) is 15.7. The Labute approximate surface area is 309 Å². The summed E-state index contributed by atoms with van der Waals surface area (Å²) in [5.74, 6) is -0.439. The van der Waals surface area contributed by atoms with Crippen molar-refractivity contribution < 1.29 is 48.5 Å². The second-order valence-electron chi connectivity index (χ2n) is 12.0. The number of phenolic OH excluding ortho intramolecular Hbond substituents is 1. The summed E-state index contributed by atoms with van der Waals surface area (Å²) in [6.45, 7) is 1.02. The number of carboxylic acid groups (broad SMARTS) is 1. The number of nitrogens with one attached hydrogen (secondary N) is 2. The summed E-state index contributed by atoms with van der Waals surface area (Å²) in [4.78, 5) is 54.2. The molecular formula is C35H36N4O11P2S. The van der Waals surface area contributed by atoms with Gasteiger partial charge < -0.3 is 49.4 Å². The molecule has 1 heterocycles. The smallest absolute Gasteiger partial charge is 0.363 e. The predicted molar refractivity (Wildman–Crippen MR) is 206 cm³/mol. The van der Waals surface area contributed by atoms with Crippen LogP contribution in [0.1, 0.15) is 28.8 Å². The molecule has 0 radical (unpaired) electrons. The molecule has 0 saturated heterocycles. The second kappa shape index (κ2) is 16.9. The zero-order valence-electron chi connectivity index (χ0n) is 28.1. The molecule has 0 bridgehead atoms. The Bertz CT molecular complexity index is 2250. The Morgan fingerprint density at radius 2 is 1.85 bits per heavy atom. The molecule has 2 unspecified atom stereocenters. The molecular weight excluding hydrogens is 746 g/mol.